The van der Waals surface area contributed by atoms with Crippen molar-refractivity contribution in [2.45, 2.75) is 19.9 Å². The zero-order valence-electron chi connectivity index (χ0n) is 15.7. The molecule has 0 unspecified atom stereocenters. The van der Waals surface area contributed by atoms with Crippen molar-refractivity contribution >= 4 is 11.9 Å². The zero-order chi connectivity index (χ0) is 18.7. The third-order valence-corrected chi connectivity index (χ3v) is 5.57. The maximum Gasteiger partial charge on any atom is 0.307 e. The molecule has 1 aromatic carbocycles. The molecule has 2 heterocycles. The number of piperidine rings is 1. The van der Waals surface area contributed by atoms with E-state index in [0.717, 1.165) is 31.7 Å². The molecule has 2 fully saturated rings. The minimum absolute atomic E-state index is 0.123. The van der Waals surface area contributed by atoms with Crippen molar-refractivity contribution in [1.82, 2.24) is 14.7 Å². The van der Waals surface area contributed by atoms with Gasteiger partial charge in [0.2, 0.25) is 5.91 Å². The molecule has 26 heavy (non-hydrogen) atoms. The van der Waals surface area contributed by atoms with Crippen LogP contribution in [0.1, 0.15) is 17.5 Å². The molecule has 2 atom stereocenters. The lowest BCUT2D eigenvalue weighted by Crippen LogP contribution is -2.53. The molecular weight excluding hydrogens is 330 g/mol. The molecule has 0 spiro atoms. The first-order valence-corrected chi connectivity index (χ1v) is 9.40. The number of aryl methyl sites for hydroxylation is 1. The quantitative estimate of drug-likeness (QED) is 0.878. The summed E-state index contributed by atoms with van der Waals surface area (Å²) in [6.45, 7) is 7.13. The SMILES string of the molecule is Cc1ccc(CN2C[C@@H](C(=O)O)C[C@H](C(=O)N3CCN(C)CC3)C2)cc1. The Morgan fingerprint density at radius 3 is 2.27 bits per heavy atom. The monoisotopic (exact) mass is 359 g/mol. The normalized spacial score (nSPS) is 25.2. The van der Waals surface area contributed by atoms with E-state index in [1.165, 1.54) is 5.56 Å². The van der Waals surface area contributed by atoms with Crippen LogP contribution in [0.25, 0.3) is 0 Å². The average molecular weight is 359 g/mol. The Morgan fingerprint density at radius 1 is 1.04 bits per heavy atom. The summed E-state index contributed by atoms with van der Waals surface area (Å²) in [5, 5.41) is 9.54. The van der Waals surface area contributed by atoms with Crippen LogP contribution in [0, 0.1) is 18.8 Å². The second-order valence-corrected chi connectivity index (χ2v) is 7.78. The predicted molar refractivity (Wildman–Crippen MR) is 99.8 cm³/mol. The van der Waals surface area contributed by atoms with Gasteiger partial charge < -0.3 is 14.9 Å². The summed E-state index contributed by atoms with van der Waals surface area (Å²) in [7, 11) is 2.06. The molecule has 0 bridgehead atoms. The second-order valence-electron chi connectivity index (χ2n) is 7.78. The number of hydrogen-bond donors (Lipinski definition) is 1. The van der Waals surface area contributed by atoms with Gasteiger partial charge in [0.05, 0.1) is 11.8 Å². The van der Waals surface area contributed by atoms with Crippen molar-refractivity contribution in [3.63, 3.8) is 0 Å². The zero-order valence-corrected chi connectivity index (χ0v) is 15.7. The van der Waals surface area contributed by atoms with E-state index in [1.807, 2.05) is 4.90 Å². The fourth-order valence-electron chi connectivity index (χ4n) is 3.91. The van der Waals surface area contributed by atoms with E-state index in [1.54, 1.807) is 0 Å². The number of carbonyl (C=O) groups excluding carboxylic acids is 1. The number of nitrogens with zero attached hydrogens (tertiary/aromatic N) is 3. The molecule has 0 saturated carbocycles. The number of likely N-dealkylation sites (N-methyl/N-ethyl adjacent to an activating group) is 1. The minimum atomic E-state index is -0.796. The van der Waals surface area contributed by atoms with Crippen LogP contribution >= 0.6 is 0 Å². The number of amides is 1. The summed E-state index contributed by atoms with van der Waals surface area (Å²) in [6.07, 6.45) is 0.449. The summed E-state index contributed by atoms with van der Waals surface area (Å²) in [6, 6.07) is 8.30. The lowest BCUT2D eigenvalue weighted by atomic mass is 9.87. The summed E-state index contributed by atoms with van der Waals surface area (Å²) >= 11 is 0. The van der Waals surface area contributed by atoms with Gasteiger partial charge in [-0.3, -0.25) is 14.5 Å². The van der Waals surface area contributed by atoms with Gasteiger partial charge >= 0.3 is 5.97 Å². The number of aliphatic carboxylic acids is 1. The van der Waals surface area contributed by atoms with E-state index in [0.29, 0.717) is 26.1 Å². The van der Waals surface area contributed by atoms with Gasteiger partial charge in [-0.25, -0.2) is 0 Å². The minimum Gasteiger partial charge on any atom is -0.481 e. The summed E-state index contributed by atoms with van der Waals surface area (Å²) in [5.74, 6) is -1.37. The third kappa shape index (κ3) is 4.62. The molecule has 0 aliphatic carbocycles. The van der Waals surface area contributed by atoms with E-state index in [9.17, 15) is 14.7 Å². The molecule has 6 heteroatoms. The second kappa shape index (κ2) is 8.18. The van der Waals surface area contributed by atoms with Gasteiger partial charge in [-0.15, -0.1) is 0 Å². The first-order valence-electron chi connectivity index (χ1n) is 9.40. The van der Waals surface area contributed by atoms with Crippen LogP contribution < -0.4 is 0 Å². The smallest absolute Gasteiger partial charge is 0.307 e. The molecular formula is C20H29N3O3. The lowest BCUT2D eigenvalue weighted by molar-refractivity contribution is -0.148. The van der Waals surface area contributed by atoms with Gasteiger partial charge in [0.1, 0.15) is 0 Å². The molecule has 142 valence electrons. The highest BCUT2D eigenvalue weighted by Crippen LogP contribution is 2.26. The van der Waals surface area contributed by atoms with Gasteiger partial charge in [-0.2, -0.15) is 0 Å². The molecule has 2 aliphatic rings. The number of piperazine rings is 1. The largest absolute Gasteiger partial charge is 0.481 e. The Labute approximate surface area is 155 Å². The van der Waals surface area contributed by atoms with Gasteiger partial charge in [0, 0.05) is 45.8 Å². The Kier molecular flexibility index (Phi) is 5.94. The van der Waals surface area contributed by atoms with Crippen LogP contribution in [0.3, 0.4) is 0 Å². The molecule has 1 amide bonds. The van der Waals surface area contributed by atoms with E-state index in [4.69, 9.17) is 0 Å². The van der Waals surface area contributed by atoms with E-state index >= 15 is 0 Å². The summed E-state index contributed by atoms with van der Waals surface area (Å²) in [5.41, 5.74) is 2.37. The maximum absolute atomic E-state index is 13.0. The molecule has 2 saturated heterocycles. The van der Waals surface area contributed by atoms with E-state index < -0.39 is 11.9 Å². The van der Waals surface area contributed by atoms with Crippen molar-refractivity contribution in [2.24, 2.45) is 11.8 Å². The Bertz CT molecular complexity index is 638. The summed E-state index contributed by atoms with van der Waals surface area (Å²) in [4.78, 5) is 30.8. The highest BCUT2D eigenvalue weighted by molar-refractivity contribution is 5.80. The lowest BCUT2D eigenvalue weighted by Gasteiger charge is -2.39. The molecule has 0 radical (unpaired) electrons. The van der Waals surface area contributed by atoms with Gasteiger partial charge in [0.25, 0.3) is 0 Å². The number of benzene rings is 1. The standard InChI is InChI=1S/C20H29N3O3/c1-15-3-5-16(6-4-15)12-22-13-17(11-18(14-22)20(25)26)19(24)23-9-7-21(2)8-10-23/h3-6,17-18H,7-14H2,1-2H3,(H,25,26)/t17-,18-/m0/s1. The first-order chi connectivity index (χ1) is 12.4. The fourth-order valence-corrected chi connectivity index (χ4v) is 3.91. The molecule has 6 nitrogen and oxygen atoms in total. The number of rotatable bonds is 4. The summed E-state index contributed by atoms with van der Waals surface area (Å²) < 4.78 is 0. The Hall–Kier alpha value is -1.92. The van der Waals surface area contributed by atoms with Crippen LogP contribution in [-0.4, -0.2) is 78.0 Å². The Balaban J connectivity index is 1.68. The van der Waals surface area contributed by atoms with Crippen molar-refractivity contribution in [1.29, 1.82) is 0 Å². The number of carboxylic acid groups (broad SMARTS) is 1. The number of likely N-dealkylation sites (tertiary alicyclic amines) is 1. The van der Waals surface area contributed by atoms with Gasteiger partial charge in [-0.1, -0.05) is 29.8 Å². The highest BCUT2D eigenvalue weighted by atomic mass is 16.4. The molecule has 0 aromatic heterocycles. The third-order valence-electron chi connectivity index (χ3n) is 5.57. The van der Waals surface area contributed by atoms with Crippen LogP contribution in [0.5, 0.6) is 0 Å². The topological polar surface area (TPSA) is 64.1 Å². The Morgan fingerprint density at radius 2 is 1.65 bits per heavy atom. The fraction of sp³-hybridized carbons (Fsp3) is 0.600. The van der Waals surface area contributed by atoms with Crippen molar-refractivity contribution < 1.29 is 14.7 Å². The van der Waals surface area contributed by atoms with Crippen LogP contribution in [0.2, 0.25) is 0 Å². The maximum atomic E-state index is 13.0. The number of hydrogen-bond acceptors (Lipinski definition) is 4. The first kappa shape index (κ1) is 18.9. The van der Waals surface area contributed by atoms with E-state index in [-0.39, 0.29) is 11.8 Å². The van der Waals surface area contributed by atoms with Crippen molar-refractivity contribution in [3.8, 4) is 0 Å². The molecule has 1 aromatic rings. The van der Waals surface area contributed by atoms with E-state index in [2.05, 4.69) is 48.0 Å². The number of carboxylic acids is 1. The average Bonchev–Trinajstić information content (AvgIpc) is 2.63. The highest BCUT2D eigenvalue weighted by Gasteiger charge is 2.37. The van der Waals surface area contributed by atoms with Crippen molar-refractivity contribution in [2.75, 3.05) is 46.3 Å². The van der Waals surface area contributed by atoms with Crippen LogP contribution in [-0.2, 0) is 16.1 Å². The number of carbonyl (C=O) groups is 2. The van der Waals surface area contributed by atoms with Crippen molar-refractivity contribution in [3.05, 3.63) is 35.4 Å². The van der Waals surface area contributed by atoms with Crippen LogP contribution in [0.15, 0.2) is 24.3 Å². The van der Waals surface area contributed by atoms with Gasteiger partial charge in [-0.05, 0) is 26.0 Å². The predicted octanol–water partition coefficient (Wildman–Crippen LogP) is 1.29. The molecule has 1 N–H and O–H groups in total. The van der Waals surface area contributed by atoms with Crippen LogP contribution in [0.4, 0.5) is 0 Å². The molecule has 2 aliphatic heterocycles. The van der Waals surface area contributed by atoms with Gasteiger partial charge in [0.15, 0.2) is 0 Å². The molecule has 3 rings (SSSR count).